The lowest BCUT2D eigenvalue weighted by atomic mass is 10.2. The molecule has 0 atom stereocenters. The Balaban J connectivity index is 2.01. The number of nitrogens with zero attached hydrogens (tertiary/aromatic N) is 1. The number of aryl methyl sites for hydroxylation is 1. The molecule has 0 aliphatic rings. The number of rotatable bonds is 2. The lowest BCUT2D eigenvalue weighted by molar-refractivity contribution is 0.262. The van der Waals surface area contributed by atoms with Gasteiger partial charge in [-0.2, -0.15) is 0 Å². The number of aromatic nitrogens is 1. The maximum Gasteiger partial charge on any atom is 0.324 e. The van der Waals surface area contributed by atoms with Gasteiger partial charge in [0.15, 0.2) is 0 Å². The summed E-state index contributed by atoms with van der Waals surface area (Å²) in [6.07, 6.45) is 1.46. The molecule has 19 heavy (non-hydrogen) atoms. The van der Waals surface area contributed by atoms with Gasteiger partial charge in [0.25, 0.3) is 0 Å². The number of carbonyl (C=O) groups is 1. The minimum Gasteiger partial charge on any atom is -0.308 e. The zero-order valence-electron chi connectivity index (χ0n) is 10.1. The van der Waals surface area contributed by atoms with Crippen molar-refractivity contribution in [2.45, 2.75) is 6.92 Å². The van der Waals surface area contributed by atoms with E-state index < -0.39 is 6.03 Å². The molecule has 2 amide bonds. The highest BCUT2D eigenvalue weighted by molar-refractivity contribution is 6.31. The molecule has 1 heterocycles. The van der Waals surface area contributed by atoms with Crippen LogP contribution in [-0.2, 0) is 0 Å². The first-order chi connectivity index (χ1) is 9.04. The minimum atomic E-state index is -0.394. The van der Waals surface area contributed by atoms with Gasteiger partial charge < -0.3 is 5.32 Å². The summed E-state index contributed by atoms with van der Waals surface area (Å²) in [5, 5.41) is 6.36. The van der Waals surface area contributed by atoms with Crippen molar-refractivity contribution in [1.29, 1.82) is 0 Å². The summed E-state index contributed by atoms with van der Waals surface area (Å²) < 4.78 is 0. The quantitative estimate of drug-likeness (QED) is 0.866. The van der Waals surface area contributed by atoms with E-state index in [2.05, 4.69) is 15.6 Å². The van der Waals surface area contributed by atoms with E-state index in [0.29, 0.717) is 21.6 Å². The van der Waals surface area contributed by atoms with Crippen LogP contribution in [0, 0.1) is 6.92 Å². The Bertz CT molecular complexity index is 599. The summed E-state index contributed by atoms with van der Waals surface area (Å²) in [6, 6.07) is 8.16. The second kappa shape index (κ2) is 5.91. The monoisotopic (exact) mass is 295 g/mol. The molecule has 98 valence electrons. The number of hydrogen-bond acceptors (Lipinski definition) is 2. The van der Waals surface area contributed by atoms with Gasteiger partial charge in [0, 0.05) is 16.9 Å². The molecule has 0 bridgehead atoms. The molecule has 0 saturated heterocycles. The molecule has 0 fully saturated rings. The summed E-state index contributed by atoms with van der Waals surface area (Å²) >= 11 is 11.7. The van der Waals surface area contributed by atoms with Gasteiger partial charge in [-0.15, -0.1) is 0 Å². The Hall–Kier alpha value is -1.78. The van der Waals surface area contributed by atoms with E-state index >= 15 is 0 Å². The van der Waals surface area contributed by atoms with Crippen LogP contribution in [0.15, 0.2) is 36.5 Å². The molecular formula is C13H11Cl2N3O. The molecule has 2 N–H and O–H groups in total. The largest absolute Gasteiger partial charge is 0.324 e. The molecule has 0 saturated carbocycles. The molecule has 1 aromatic heterocycles. The maximum atomic E-state index is 11.7. The number of hydrogen-bond donors (Lipinski definition) is 2. The number of pyridine rings is 1. The smallest absolute Gasteiger partial charge is 0.308 e. The third-order valence-electron chi connectivity index (χ3n) is 2.40. The van der Waals surface area contributed by atoms with Gasteiger partial charge in [-0.1, -0.05) is 29.3 Å². The number of carbonyl (C=O) groups excluding carboxylic acids is 1. The molecule has 4 nitrogen and oxygen atoms in total. The van der Waals surface area contributed by atoms with Crippen LogP contribution in [0.2, 0.25) is 10.0 Å². The van der Waals surface area contributed by atoms with Gasteiger partial charge in [0.05, 0.1) is 5.02 Å². The average molecular weight is 296 g/mol. The van der Waals surface area contributed by atoms with E-state index in [1.54, 1.807) is 24.3 Å². The average Bonchev–Trinajstić information content (AvgIpc) is 2.37. The van der Waals surface area contributed by atoms with Crippen molar-refractivity contribution in [2.24, 2.45) is 0 Å². The molecule has 0 aliphatic carbocycles. The zero-order valence-corrected chi connectivity index (χ0v) is 11.6. The summed E-state index contributed by atoms with van der Waals surface area (Å²) in [5.74, 6) is 0.417. The first-order valence-corrected chi connectivity index (χ1v) is 6.26. The first-order valence-electron chi connectivity index (χ1n) is 5.50. The lowest BCUT2D eigenvalue weighted by Crippen LogP contribution is -2.20. The Morgan fingerprint density at radius 3 is 2.58 bits per heavy atom. The summed E-state index contributed by atoms with van der Waals surface area (Å²) in [7, 11) is 0. The van der Waals surface area contributed by atoms with Crippen LogP contribution in [0.5, 0.6) is 0 Å². The predicted octanol–water partition coefficient (Wildman–Crippen LogP) is 4.34. The fourth-order valence-corrected chi connectivity index (χ4v) is 1.69. The van der Waals surface area contributed by atoms with Crippen LogP contribution in [0.3, 0.4) is 0 Å². The van der Waals surface area contributed by atoms with E-state index in [0.717, 1.165) is 5.56 Å². The Morgan fingerprint density at radius 2 is 1.95 bits per heavy atom. The number of amides is 2. The molecule has 1 aromatic carbocycles. The highest BCUT2D eigenvalue weighted by atomic mass is 35.5. The number of benzene rings is 1. The van der Waals surface area contributed by atoms with Crippen molar-refractivity contribution < 1.29 is 4.79 Å². The van der Waals surface area contributed by atoms with Crippen molar-refractivity contribution in [3.8, 4) is 0 Å². The first kappa shape index (κ1) is 13.6. The lowest BCUT2D eigenvalue weighted by Gasteiger charge is -2.08. The molecule has 0 unspecified atom stereocenters. The van der Waals surface area contributed by atoms with Crippen molar-refractivity contribution in [2.75, 3.05) is 10.6 Å². The molecule has 2 aromatic rings. The SMILES string of the molecule is Cc1ccc(NC(=O)Nc2ccc(Cl)cn2)cc1Cl. The van der Waals surface area contributed by atoms with Crippen molar-refractivity contribution in [1.82, 2.24) is 4.98 Å². The standard InChI is InChI=1S/C13H11Cl2N3O/c1-8-2-4-10(6-11(8)15)17-13(19)18-12-5-3-9(14)7-16-12/h2-7H,1H3,(H2,16,17,18,19). The zero-order chi connectivity index (χ0) is 13.8. The van der Waals surface area contributed by atoms with E-state index in [-0.39, 0.29) is 0 Å². The van der Waals surface area contributed by atoms with E-state index in [9.17, 15) is 4.79 Å². The highest BCUT2D eigenvalue weighted by Gasteiger charge is 2.04. The fraction of sp³-hybridized carbons (Fsp3) is 0.0769. The summed E-state index contributed by atoms with van der Waals surface area (Å²) in [5.41, 5.74) is 1.56. The summed E-state index contributed by atoms with van der Waals surface area (Å²) in [6.45, 7) is 1.89. The highest BCUT2D eigenvalue weighted by Crippen LogP contribution is 2.20. The minimum absolute atomic E-state index is 0.394. The van der Waals surface area contributed by atoms with E-state index in [1.807, 2.05) is 13.0 Å². The van der Waals surface area contributed by atoms with Gasteiger partial charge >= 0.3 is 6.03 Å². The van der Waals surface area contributed by atoms with Crippen LogP contribution in [-0.4, -0.2) is 11.0 Å². The van der Waals surface area contributed by atoms with Crippen LogP contribution in [0.25, 0.3) is 0 Å². The summed E-state index contributed by atoms with van der Waals surface area (Å²) in [4.78, 5) is 15.7. The van der Waals surface area contributed by atoms with E-state index in [4.69, 9.17) is 23.2 Å². The number of anilines is 2. The maximum absolute atomic E-state index is 11.7. The number of urea groups is 1. The van der Waals surface area contributed by atoms with Crippen molar-refractivity contribution in [3.05, 3.63) is 52.1 Å². The van der Waals surface area contributed by atoms with Crippen molar-refractivity contribution in [3.63, 3.8) is 0 Å². The van der Waals surface area contributed by atoms with Crippen LogP contribution >= 0.6 is 23.2 Å². The topological polar surface area (TPSA) is 54.0 Å². The molecule has 6 heteroatoms. The van der Waals surface area contributed by atoms with E-state index in [1.165, 1.54) is 6.20 Å². The van der Waals surface area contributed by atoms with Gasteiger partial charge in [-0.3, -0.25) is 5.32 Å². The molecule has 2 rings (SSSR count). The normalized spacial score (nSPS) is 10.1. The Labute approximate surface area is 120 Å². The second-order valence-corrected chi connectivity index (χ2v) is 4.75. The third kappa shape index (κ3) is 3.84. The van der Waals surface area contributed by atoms with Gasteiger partial charge in [0.1, 0.15) is 5.82 Å². The molecular weight excluding hydrogens is 285 g/mol. The second-order valence-electron chi connectivity index (χ2n) is 3.90. The fourth-order valence-electron chi connectivity index (χ4n) is 1.40. The third-order valence-corrected chi connectivity index (χ3v) is 3.03. The Morgan fingerprint density at radius 1 is 1.16 bits per heavy atom. The molecule has 0 radical (unpaired) electrons. The van der Waals surface area contributed by atoms with Crippen LogP contribution < -0.4 is 10.6 Å². The van der Waals surface area contributed by atoms with Crippen LogP contribution in [0.1, 0.15) is 5.56 Å². The van der Waals surface area contributed by atoms with Gasteiger partial charge in [-0.05, 0) is 36.8 Å². The van der Waals surface area contributed by atoms with Crippen LogP contribution in [0.4, 0.5) is 16.3 Å². The molecule has 0 spiro atoms. The number of nitrogens with one attached hydrogen (secondary N) is 2. The Kier molecular flexibility index (Phi) is 4.24. The van der Waals surface area contributed by atoms with Crippen molar-refractivity contribution >= 4 is 40.7 Å². The van der Waals surface area contributed by atoms with Gasteiger partial charge in [-0.25, -0.2) is 9.78 Å². The predicted molar refractivity (Wildman–Crippen MR) is 78.1 cm³/mol. The molecule has 0 aliphatic heterocycles. The number of halogens is 2. The van der Waals surface area contributed by atoms with Gasteiger partial charge in [0.2, 0.25) is 0 Å².